The Hall–Kier alpha value is -1.88. The van der Waals surface area contributed by atoms with Gasteiger partial charge in [0.05, 0.1) is 49.8 Å². The lowest BCUT2D eigenvalue weighted by molar-refractivity contribution is -0.368. The Morgan fingerprint density at radius 2 is 1.43 bits per heavy atom. The normalized spacial score (nSPS) is 41.5. The fourth-order valence-corrected chi connectivity index (χ4v) is 6.37. The summed E-state index contributed by atoms with van der Waals surface area (Å²) in [6.07, 6.45) is -2.24. The minimum Gasteiger partial charge on any atom is -0.393 e. The van der Waals surface area contributed by atoms with E-state index in [4.69, 9.17) is 23.7 Å². The van der Waals surface area contributed by atoms with Gasteiger partial charge in [-0.1, -0.05) is 60.7 Å². The monoisotopic (exact) mass is 556 g/mol. The number of benzene rings is 2. The van der Waals surface area contributed by atoms with Crippen molar-refractivity contribution < 1.29 is 39.0 Å². The molecule has 2 aromatic carbocycles. The minimum absolute atomic E-state index is 0.320. The maximum Gasteiger partial charge on any atom is 0.120 e. The standard InChI is InChI=1S/C32H44O8/c1-29(37-19-23-13-9-6-10-14-23)16-15-24-30(2,39-26(29)20-36-18-22-11-7-5-8-12-22)17-25-32(4,40-24)28(35)27(34)31(3,21-33)38-25/h5-14,24-28,33-35H,15-21H2,1-4H3/t24-,25?,26+,27-,28+,29?,30?,31-,32-/m1/s1. The van der Waals surface area contributed by atoms with Crippen molar-refractivity contribution in [1.82, 2.24) is 0 Å². The maximum absolute atomic E-state index is 11.2. The smallest absolute Gasteiger partial charge is 0.120 e. The molecule has 2 aromatic rings. The fourth-order valence-electron chi connectivity index (χ4n) is 6.37. The average Bonchev–Trinajstić information content (AvgIpc) is 3.06. The van der Waals surface area contributed by atoms with Crippen molar-refractivity contribution in [2.75, 3.05) is 13.2 Å². The van der Waals surface area contributed by atoms with Gasteiger partial charge in [-0.15, -0.1) is 0 Å². The quantitative estimate of drug-likeness (QED) is 0.454. The fraction of sp³-hybridized carbons (Fsp3) is 0.625. The first kappa shape index (κ1) is 29.6. The van der Waals surface area contributed by atoms with Gasteiger partial charge in [0.25, 0.3) is 0 Å². The van der Waals surface area contributed by atoms with E-state index in [1.807, 2.05) is 67.6 Å². The summed E-state index contributed by atoms with van der Waals surface area (Å²) in [7, 11) is 0. The third-order valence-electron chi connectivity index (χ3n) is 9.33. The molecule has 9 atom stereocenters. The first-order valence-electron chi connectivity index (χ1n) is 14.3. The number of aliphatic hydroxyl groups is 3. The van der Waals surface area contributed by atoms with Crippen LogP contribution >= 0.6 is 0 Å². The molecule has 5 rings (SSSR count). The highest BCUT2D eigenvalue weighted by molar-refractivity contribution is 5.16. The predicted octanol–water partition coefficient (Wildman–Crippen LogP) is 3.54. The summed E-state index contributed by atoms with van der Waals surface area (Å²) in [5.74, 6) is 0. The SMILES string of the molecule is CC1(OCc2ccccc2)CC[C@H]2O[C@]3(C)C(CC2(C)O[C@H]1COCc1ccccc1)O[C@](C)(CO)[C@H](O)[C@@H]3O. The first-order chi connectivity index (χ1) is 19.0. The van der Waals surface area contributed by atoms with Crippen molar-refractivity contribution in [3.8, 4) is 0 Å². The van der Waals surface area contributed by atoms with Crippen molar-refractivity contribution in [3.05, 3.63) is 71.8 Å². The third kappa shape index (κ3) is 5.61. The molecule has 3 N–H and O–H groups in total. The van der Waals surface area contributed by atoms with E-state index in [1.54, 1.807) is 13.8 Å². The third-order valence-corrected chi connectivity index (χ3v) is 9.33. The molecule has 220 valence electrons. The zero-order chi connectivity index (χ0) is 28.6. The van der Waals surface area contributed by atoms with E-state index in [9.17, 15) is 15.3 Å². The Morgan fingerprint density at radius 3 is 2.05 bits per heavy atom. The molecule has 3 aliphatic rings. The van der Waals surface area contributed by atoms with E-state index >= 15 is 0 Å². The molecule has 3 unspecified atom stereocenters. The van der Waals surface area contributed by atoms with Gasteiger partial charge in [0.2, 0.25) is 0 Å². The van der Waals surface area contributed by atoms with E-state index in [0.29, 0.717) is 39.1 Å². The molecular weight excluding hydrogens is 512 g/mol. The first-order valence-corrected chi connectivity index (χ1v) is 14.3. The van der Waals surface area contributed by atoms with Crippen LogP contribution in [0, 0.1) is 0 Å². The second-order valence-electron chi connectivity index (χ2n) is 12.5. The summed E-state index contributed by atoms with van der Waals surface area (Å²) < 4.78 is 32.7. The van der Waals surface area contributed by atoms with Gasteiger partial charge in [0, 0.05) is 6.42 Å². The minimum atomic E-state index is -1.31. The van der Waals surface area contributed by atoms with Crippen molar-refractivity contribution >= 4 is 0 Å². The topological polar surface area (TPSA) is 107 Å². The lowest BCUT2D eigenvalue weighted by Gasteiger charge is -2.60. The van der Waals surface area contributed by atoms with Crippen molar-refractivity contribution in [3.63, 3.8) is 0 Å². The molecule has 0 amide bonds. The van der Waals surface area contributed by atoms with Gasteiger partial charge in [0.15, 0.2) is 0 Å². The number of fused-ring (bicyclic) bond motifs is 2. The van der Waals surface area contributed by atoms with Crippen LogP contribution < -0.4 is 0 Å². The Balaban J connectivity index is 1.40. The summed E-state index contributed by atoms with van der Waals surface area (Å²) in [5.41, 5.74) is -1.78. The maximum atomic E-state index is 11.2. The van der Waals surface area contributed by atoms with Gasteiger partial charge in [-0.25, -0.2) is 0 Å². The Kier molecular flexibility index (Phi) is 8.45. The molecule has 0 aromatic heterocycles. The molecule has 0 radical (unpaired) electrons. The molecule has 3 heterocycles. The van der Waals surface area contributed by atoms with Crippen LogP contribution in [0.15, 0.2) is 60.7 Å². The van der Waals surface area contributed by atoms with Crippen LogP contribution in [0.2, 0.25) is 0 Å². The Morgan fingerprint density at radius 1 is 0.800 bits per heavy atom. The van der Waals surface area contributed by atoms with Crippen LogP contribution in [0.3, 0.4) is 0 Å². The number of aliphatic hydroxyl groups excluding tert-OH is 3. The van der Waals surface area contributed by atoms with E-state index in [1.165, 1.54) is 0 Å². The van der Waals surface area contributed by atoms with E-state index in [2.05, 4.69) is 6.92 Å². The van der Waals surface area contributed by atoms with Crippen molar-refractivity contribution in [1.29, 1.82) is 0 Å². The Labute approximate surface area is 237 Å². The zero-order valence-corrected chi connectivity index (χ0v) is 24.0. The number of hydrogen-bond acceptors (Lipinski definition) is 8. The van der Waals surface area contributed by atoms with Crippen LogP contribution in [-0.2, 0) is 36.9 Å². The molecule has 0 bridgehead atoms. The molecule has 3 saturated heterocycles. The van der Waals surface area contributed by atoms with Crippen LogP contribution in [0.5, 0.6) is 0 Å². The van der Waals surface area contributed by atoms with E-state index in [-0.39, 0.29) is 6.10 Å². The molecular formula is C32H44O8. The molecule has 8 nitrogen and oxygen atoms in total. The summed E-state index contributed by atoms with van der Waals surface area (Å²) >= 11 is 0. The highest BCUT2D eigenvalue weighted by atomic mass is 16.6. The van der Waals surface area contributed by atoms with Gasteiger partial charge in [-0.2, -0.15) is 0 Å². The van der Waals surface area contributed by atoms with Gasteiger partial charge in [-0.3, -0.25) is 0 Å². The van der Waals surface area contributed by atoms with Crippen LogP contribution in [-0.4, -0.2) is 81.5 Å². The van der Waals surface area contributed by atoms with E-state index < -0.39 is 53.4 Å². The second kappa shape index (κ2) is 11.4. The molecule has 40 heavy (non-hydrogen) atoms. The number of ether oxygens (including phenoxy) is 5. The number of hydrogen-bond donors (Lipinski definition) is 3. The molecule has 0 spiro atoms. The molecule has 3 aliphatic heterocycles. The van der Waals surface area contributed by atoms with Crippen LogP contribution in [0.25, 0.3) is 0 Å². The molecule has 0 aliphatic carbocycles. The number of rotatable bonds is 8. The van der Waals surface area contributed by atoms with E-state index in [0.717, 1.165) is 11.1 Å². The van der Waals surface area contributed by atoms with Gasteiger partial charge in [-0.05, 0) is 51.7 Å². The summed E-state index contributed by atoms with van der Waals surface area (Å²) in [6, 6.07) is 20.1. The van der Waals surface area contributed by atoms with Crippen molar-refractivity contribution in [2.45, 2.75) is 113 Å². The summed E-state index contributed by atoms with van der Waals surface area (Å²) in [5, 5.41) is 32.0. The summed E-state index contributed by atoms with van der Waals surface area (Å²) in [4.78, 5) is 0. The molecule has 0 saturated carbocycles. The summed E-state index contributed by atoms with van der Waals surface area (Å²) in [6.45, 7) is 8.24. The largest absolute Gasteiger partial charge is 0.393 e. The predicted molar refractivity (Wildman–Crippen MR) is 149 cm³/mol. The zero-order valence-electron chi connectivity index (χ0n) is 24.0. The van der Waals surface area contributed by atoms with Gasteiger partial charge in [0.1, 0.15) is 29.5 Å². The van der Waals surface area contributed by atoms with Crippen molar-refractivity contribution in [2.24, 2.45) is 0 Å². The lowest BCUT2D eigenvalue weighted by Crippen LogP contribution is -2.75. The Bertz CT molecular complexity index is 1120. The lowest BCUT2D eigenvalue weighted by atomic mass is 9.71. The highest BCUT2D eigenvalue weighted by Gasteiger charge is 2.65. The highest BCUT2D eigenvalue weighted by Crippen LogP contribution is 2.51. The average molecular weight is 557 g/mol. The van der Waals surface area contributed by atoms with Gasteiger partial charge < -0.3 is 39.0 Å². The molecule has 3 fully saturated rings. The molecule has 8 heteroatoms. The van der Waals surface area contributed by atoms with Gasteiger partial charge >= 0.3 is 0 Å². The second-order valence-corrected chi connectivity index (χ2v) is 12.5. The van der Waals surface area contributed by atoms with Crippen LogP contribution in [0.1, 0.15) is 58.1 Å². The van der Waals surface area contributed by atoms with Crippen LogP contribution in [0.4, 0.5) is 0 Å².